The molecule has 19 heavy (non-hydrogen) atoms. The van der Waals surface area contributed by atoms with Crippen LogP contribution in [-0.4, -0.2) is 37.1 Å². The lowest BCUT2D eigenvalue weighted by molar-refractivity contribution is 0.0452. The average Bonchev–Trinajstić information content (AvgIpc) is 2.43. The molecule has 0 aliphatic carbocycles. The summed E-state index contributed by atoms with van der Waals surface area (Å²) < 4.78 is 5.24. The first kappa shape index (κ1) is 14.6. The molecule has 0 N–H and O–H groups in total. The summed E-state index contributed by atoms with van der Waals surface area (Å²) in [5, 5.41) is 0.804. The van der Waals surface area contributed by atoms with Gasteiger partial charge in [0.1, 0.15) is 6.61 Å². The molecule has 1 aliphatic heterocycles. The summed E-state index contributed by atoms with van der Waals surface area (Å²) in [6.45, 7) is 3.42. The molecule has 1 saturated heterocycles. The number of carbonyl (C=O) groups is 1. The van der Waals surface area contributed by atoms with Crippen molar-refractivity contribution in [2.45, 2.75) is 19.3 Å². The highest BCUT2D eigenvalue weighted by atomic mass is 35.5. The maximum Gasteiger partial charge on any atom is 0.338 e. The van der Waals surface area contributed by atoms with Crippen molar-refractivity contribution in [2.24, 2.45) is 0 Å². The molecule has 2 rings (SSSR count). The molecule has 5 heteroatoms. The van der Waals surface area contributed by atoms with Gasteiger partial charge in [-0.2, -0.15) is 0 Å². The molecule has 1 aromatic rings. The van der Waals surface area contributed by atoms with Crippen LogP contribution in [0.3, 0.4) is 0 Å². The molecule has 0 spiro atoms. The van der Waals surface area contributed by atoms with E-state index >= 15 is 0 Å². The molecule has 0 atom stereocenters. The Kier molecular flexibility index (Phi) is 5.49. The van der Waals surface area contributed by atoms with Crippen LogP contribution in [0.4, 0.5) is 0 Å². The quantitative estimate of drug-likeness (QED) is 0.795. The van der Waals surface area contributed by atoms with Crippen molar-refractivity contribution < 1.29 is 9.53 Å². The van der Waals surface area contributed by atoms with Crippen molar-refractivity contribution in [3.05, 3.63) is 33.8 Å². The maximum absolute atomic E-state index is 11.8. The Morgan fingerprint density at radius 2 is 1.89 bits per heavy atom. The molecule has 0 amide bonds. The number of hydrogen-bond donors (Lipinski definition) is 0. The summed E-state index contributed by atoms with van der Waals surface area (Å²) >= 11 is 11.7. The summed E-state index contributed by atoms with van der Waals surface area (Å²) in [7, 11) is 0. The lowest BCUT2D eigenvalue weighted by Crippen LogP contribution is -2.33. The van der Waals surface area contributed by atoms with Crippen LogP contribution in [0.5, 0.6) is 0 Å². The fourth-order valence-electron chi connectivity index (χ4n) is 2.16. The van der Waals surface area contributed by atoms with Gasteiger partial charge in [0.2, 0.25) is 0 Å². The molecular weight excluding hydrogens is 285 g/mol. The number of halogens is 2. The predicted molar refractivity (Wildman–Crippen MR) is 77.0 cm³/mol. The van der Waals surface area contributed by atoms with Gasteiger partial charge in [-0.05, 0) is 44.1 Å². The number of likely N-dealkylation sites (tertiary alicyclic amines) is 1. The van der Waals surface area contributed by atoms with Crippen LogP contribution >= 0.6 is 23.2 Å². The summed E-state index contributed by atoms with van der Waals surface area (Å²) in [6.07, 6.45) is 3.78. The summed E-state index contributed by atoms with van der Waals surface area (Å²) in [5.74, 6) is -0.351. The van der Waals surface area contributed by atoms with E-state index in [1.807, 2.05) is 0 Å². The molecule has 1 heterocycles. The predicted octanol–water partition coefficient (Wildman–Crippen LogP) is 3.64. The van der Waals surface area contributed by atoms with Gasteiger partial charge in [-0.25, -0.2) is 4.79 Å². The largest absolute Gasteiger partial charge is 0.461 e. The Balaban J connectivity index is 1.78. The first-order chi connectivity index (χ1) is 9.16. The molecule has 0 saturated carbocycles. The van der Waals surface area contributed by atoms with Gasteiger partial charge in [0.05, 0.1) is 15.6 Å². The van der Waals surface area contributed by atoms with Crippen LogP contribution < -0.4 is 0 Å². The molecular formula is C14H17Cl2NO2. The second-order valence-electron chi connectivity index (χ2n) is 4.67. The molecule has 1 fully saturated rings. The van der Waals surface area contributed by atoms with E-state index in [2.05, 4.69) is 4.90 Å². The zero-order chi connectivity index (χ0) is 13.7. The van der Waals surface area contributed by atoms with Gasteiger partial charge < -0.3 is 4.74 Å². The Hall–Kier alpha value is -0.770. The highest BCUT2D eigenvalue weighted by molar-refractivity contribution is 6.42. The van der Waals surface area contributed by atoms with Crippen LogP contribution in [0.15, 0.2) is 18.2 Å². The van der Waals surface area contributed by atoms with Gasteiger partial charge in [-0.1, -0.05) is 29.6 Å². The third-order valence-corrected chi connectivity index (χ3v) is 3.98. The lowest BCUT2D eigenvalue weighted by Gasteiger charge is -2.25. The molecule has 0 aromatic heterocycles. The van der Waals surface area contributed by atoms with Crippen molar-refractivity contribution in [1.82, 2.24) is 4.90 Å². The Labute approximate surface area is 123 Å². The first-order valence-electron chi connectivity index (χ1n) is 6.51. The van der Waals surface area contributed by atoms with Gasteiger partial charge >= 0.3 is 5.97 Å². The van der Waals surface area contributed by atoms with Crippen LogP contribution in [0.25, 0.3) is 0 Å². The van der Waals surface area contributed by atoms with Crippen molar-refractivity contribution in [3.8, 4) is 0 Å². The number of esters is 1. The van der Waals surface area contributed by atoms with E-state index in [-0.39, 0.29) is 5.97 Å². The second-order valence-corrected chi connectivity index (χ2v) is 5.48. The number of piperidine rings is 1. The molecule has 3 nitrogen and oxygen atoms in total. The third-order valence-electron chi connectivity index (χ3n) is 3.24. The first-order valence-corrected chi connectivity index (χ1v) is 7.27. The highest BCUT2D eigenvalue weighted by Gasteiger charge is 2.12. The van der Waals surface area contributed by atoms with Gasteiger partial charge in [0, 0.05) is 6.54 Å². The van der Waals surface area contributed by atoms with Crippen molar-refractivity contribution in [3.63, 3.8) is 0 Å². The van der Waals surface area contributed by atoms with Crippen LogP contribution in [-0.2, 0) is 4.74 Å². The summed E-state index contributed by atoms with van der Waals surface area (Å²) in [4.78, 5) is 14.1. The minimum atomic E-state index is -0.351. The number of ether oxygens (including phenoxy) is 1. The molecule has 1 aromatic carbocycles. The summed E-state index contributed by atoms with van der Waals surface area (Å²) in [5.41, 5.74) is 0.438. The number of carbonyl (C=O) groups excluding carboxylic acids is 1. The van der Waals surface area contributed by atoms with E-state index in [9.17, 15) is 4.79 Å². The van der Waals surface area contributed by atoms with E-state index in [0.29, 0.717) is 22.2 Å². The normalized spacial score (nSPS) is 16.3. The van der Waals surface area contributed by atoms with E-state index < -0.39 is 0 Å². The Bertz CT molecular complexity index is 445. The lowest BCUT2D eigenvalue weighted by atomic mass is 10.1. The highest BCUT2D eigenvalue weighted by Crippen LogP contribution is 2.22. The smallest absolute Gasteiger partial charge is 0.338 e. The van der Waals surface area contributed by atoms with Gasteiger partial charge in [0.15, 0.2) is 0 Å². The third kappa shape index (κ3) is 4.37. The van der Waals surface area contributed by atoms with E-state index in [0.717, 1.165) is 19.6 Å². The van der Waals surface area contributed by atoms with Gasteiger partial charge in [-0.3, -0.25) is 4.90 Å². The fraction of sp³-hybridized carbons (Fsp3) is 0.500. The Morgan fingerprint density at radius 1 is 1.16 bits per heavy atom. The van der Waals surface area contributed by atoms with Crippen LogP contribution in [0, 0.1) is 0 Å². The minimum Gasteiger partial charge on any atom is -0.461 e. The number of nitrogens with zero attached hydrogens (tertiary/aromatic N) is 1. The number of benzene rings is 1. The monoisotopic (exact) mass is 301 g/mol. The van der Waals surface area contributed by atoms with Gasteiger partial charge in [0.25, 0.3) is 0 Å². The average molecular weight is 302 g/mol. The molecule has 0 bridgehead atoms. The van der Waals surface area contributed by atoms with Crippen molar-refractivity contribution in [1.29, 1.82) is 0 Å². The van der Waals surface area contributed by atoms with E-state index in [1.165, 1.54) is 25.3 Å². The maximum atomic E-state index is 11.8. The van der Waals surface area contributed by atoms with Crippen molar-refractivity contribution >= 4 is 29.2 Å². The second kappa shape index (κ2) is 7.13. The minimum absolute atomic E-state index is 0.351. The standard InChI is InChI=1S/C14H17Cl2NO2/c15-12-5-4-11(10-13(12)16)14(18)19-9-8-17-6-2-1-3-7-17/h4-5,10H,1-3,6-9H2. The van der Waals surface area contributed by atoms with Gasteiger partial charge in [-0.15, -0.1) is 0 Å². The number of hydrogen-bond acceptors (Lipinski definition) is 3. The van der Waals surface area contributed by atoms with E-state index in [4.69, 9.17) is 27.9 Å². The van der Waals surface area contributed by atoms with E-state index in [1.54, 1.807) is 12.1 Å². The molecule has 0 unspecified atom stereocenters. The van der Waals surface area contributed by atoms with Crippen LogP contribution in [0.2, 0.25) is 10.0 Å². The zero-order valence-electron chi connectivity index (χ0n) is 10.7. The zero-order valence-corrected chi connectivity index (χ0v) is 12.2. The molecule has 0 radical (unpaired) electrons. The molecule has 1 aliphatic rings. The van der Waals surface area contributed by atoms with Crippen LogP contribution in [0.1, 0.15) is 29.6 Å². The molecule has 104 valence electrons. The Morgan fingerprint density at radius 3 is 2.58 bits per heavy atom. The topological polar surface area (TPSA) is 29.5 Å². The fourth-order valence-corrected chi connectivity index (χ4v) is 2.45. The summed E-state index contributed by atoms with van der Waals surface area (Å²) in [6, 6.07) is 4.76. The van der Waals surface area contributed by atoms with Crippen molar-refractivity contribution in [2.75, 3.05) is 26.2 Å². The number of rotatable bonds is 4. The SMILES string of the molecule is O=C(OCCN1CCCCC1)c1ccc(Cl)c(Cl)c1.